The highest BCUT2D eigenvalue weighted by atomic mass is 32.1. The first-order valence-corrected chi connectivity index (χ1v) is 12.4. The number of aromatic nitrogens is 3. The van der Waals surface area contributed by atoms with Gasteiger partial charge in [0.05, 0.1) is 23.1 Å². The number of carbonyl (C=O) groups is 2. The molecular formula is C24H26F2N6O2S. The summed E-state index contributed by atoms with van der Waals surface area (Å²) in [4.78, 5) is 29.1. The van der Waals surface area contributed by atoms with Gasteiger partial charge >= 0.3 is 0 Å². The molecule has 3 aromatic rings. The van der Waals surface area contributed by atoms with E-state index in [1.54, 1.807) is 10.9 Å². The van der Waals surface area contributed by atoms with Crippen molar-refractivity contribution in [2.24, 2.45) is 7.05 Å². The third-order valence-electron chi connectivity index (χ3n) is 7.08. The van der Waals surface area contributed by atoms with Crippen LogP contribution < -0.4 is 16.4 Å². The number of rotatable bonds is 4. The van der Waals surface area contributed by atoms with Crippen molar-refractivity contribution in [2.45, 2.75) is 56.4 Å². The van der Waals surface area contributed by atoms with Crippen LogP contribution in [0.1, 0.15) is 67.0 Å². The van der Waals surface area contributed by atoms with Crippen LogP contribution >= 0.6 is 11.3 Å². The van der Waals surface area contributed by atoms with E-state index in [1.165, 1.54) is 6.07 Å². The van der Waals surface area contributed by atoms with Crippen molar-refractivity contribution in [3.05, 3.63) is 47.4 Å². The summed E-state index contributed by atoms with van der Waals surface area (Å²) >= 11 is 0.856. The first-order chi connectivity index (χ1) is 16.8. The number of amides is 2. The molecule has 8 nitrogen and oxygen atoms in total. The fraction of sp³-hybridized carbons (Fsp3) is 0.417. The average molecular weight is 501 g/mol. The van der Waals surface area contributed by atoms with Crippen molar-refractivity contribution in [2.75, 3.05) is 11.1 Å². The molecule has 0 radical (unpaired) electrons. The molecule has 0 bridgehead atoms. The SMILES string of the molecule is Cn1ncc(NC(=O)c2nc(-c3c(F)cccc3F)sc2N)c1C1CCC[C@@]2(CCC(=O)N2)CC1. The lowest BCUT2D eigenvalue weighted by molar-refractivity contribution is -0.119. The minimum absolute atomic E-state index is 0.00216. The molecule has 2 aromatic heterocycles. The molecular weight excluding hydrogens is 474 g/mol. The molecule has 1 saturated carbocycles. The lowest BCUT2D eigenvalue weighted by atomic mass is 9.88. The molecule has 2 aliphatic rings. The highest BCUT2D eigenvalue weighted by Gasteiger charge is 2.40. The Morgan fingerprint density at radius 1 is 1.26 bits per heavy atom. The molecule has 1 aliphatic carbocycles. The highest BCUT2D eigenvalue weighted by Crippen LogP contribution is 2.42. The number of nitrogens with zero attached hydrogens (tertiary/aromatic N) is 3. The maximum absolute atomic E-state index is 14.2. The second kappa shape index (κ2) is 9.03. The van der Waals surface area contributed by atoms with Crippen molar-refractivity contribution in [1.82, 2.24) is 20.1 Å². The number of benzene rings is 1. The van der Waals surface area contributed by atoms with Crippen LogP contribution in [0.5, 0.6) is 0 Å². The van der Waals surface area contributed by atoms with Crippen molar-refractivity contribution in [1.29, 1.82) is 0 Å². The predicted molar refractivity (Wildman–Crippen MR) is 129 cm³/mol. The molecule has 2 fully saturated rings. The molecule has 2 amide bonds. The number of nitrogens with two attached hydrogens (primary N) is 1. The number of nitrogens with one attached hydrogen (secondary N) is 2. The minimum atomic E-state index is -0.773. The van der Waals surface area contributed by atoms with E-state index in [1.807, 2.05) is 7.05 Å². The minimum Gasteiger partial charge on any atom is -0.389 e. The van der Waals surface area contributed by atoms with Gasteiger partial charge in [-0.25, -0.2) is 13.8 Å². The number of hydrogen-bond acceptors (Lipinski definition) is 6. The Morgan fingerprint density at radius 3 is 2.74 bits per heavy atom. The van der Waals surface area contributed by atoms with Gasteiger partial charge in [0.1, 0.15) is 21.6 Å². The fourth-order valence-corrected chi connectivity index (χ4v) is 6.22. The number of halogens is 2. The van der Waals surface area contributed by atoms with E-state index in [2.05, 4.69) is 20.7 Å². The molecule has 11 heteroatoms. The molecule has 2 atom stereocenters. The van der Waals surface area contributed by atoms with Crippen LogP contribution in [0.3, 0.4) is 0 Å². The Morgan fingerprint density at radius 2 is 2.03 bits per heavy atom. The Kier molecular flexibility index (Phi) is 6.04. The van der Waals surface area contributed by atoms with Gasteiger partial charge in [-0.05, 0) is 44.2 Å². The predicted octanol–water partition coefficient (Wildman–Crippen LogP) is 4.35. The maximum Gasteiger partial charge on any atom is 0.277 e. The monoisotopic (exact) mass is 500 g/mol. The maximum atomic E-state index is 14.2. The largest absolute Gasteiger partial charge is 0.389 e. The zero-order valence-electron chi connectivity index (χ0n) is 19.2. The van der Waals surface area contributed by atoms with E-state index in [9.17, 15) is 18.4 Å². The van der Waals surface area contributed by atoms with E-state index in [4.69, 9.17) is 5.73 Å². The Hall–Kier alpha value is -3.34. The number of carbonyl (C=O) groups excluding carboxylic acids is 2. The zero-order chi connectivity index (χ0) is 24.7. The summed E-state index contributed by atoms with van der Waals surface area (Å²) in [7, 11) is 1.83. The zero-order valence-corrected chi connectivity index (χ0v) is 20.1. The quantitative estimate of drug-likeness (QED) is 0.493. The molecule has 5 rings (SSSR count). The van der Waals surface area contributed by atoms with Crippen LogP contribution in [0.4, 0.5) is 19.5 Å². The summed E-state index contributed by atoms with van der Waals surface area (Å²) in [5.74, 6) is -1.84. The van der Waals surface area contributed by atoms with Gasteiger partial charge in [-0.15, -0.1) is 0 Å². The molecule has 4 N–H and O–H groups in total. The average Bonchev–Trinajstić information content (AvgIpc) is 3.43. The van der Waals surface area contributed by atoms with Gasteiger partial charge in [-0.2, -0.15) is 5.10 Å². The summed E-state index contributed by atoms with van der Waals surface area (Å²) in [6, 6.07) is 3.52. The third-order valence-corrected chi connectivity index (χ3v) is 7.98. The number of aryl methyl sites for hydroxylation is 1. The van der Waals surface area contributed by atoms with Gasteiger partial charge in [0, 0.05) is 24.9 Å². The molecule has 1 aromatic carbocycles. The Labute approximate surface area is 204 Å². The van der Waals surface area contributed by atoms with E-state index in [0.29, 0.717) is 12.1 Å². The fourth-order valence-electron chi connectivity index (χ4n) is 5.34. The molecule has 1 saturated heterocycles. The Balaban J connectivity index is 1.36. The molecule has 184 valence electrons. The number of hydrogen-bond donors (Lipinski definition) is 3. The second-order valence-electron chi connectivity index (χ2n) is 9.31. The van der Waals surface area contributed by atoms with E-state index in [0.717, 1.165) is 67.7 Å². The molecule has 3 heterocycles. The van der Waals surface area contributed by atoms with Crippen LogP contribution in [-0.4, -0.2) is 32.1 Å². The van der Waals surface area contributed by atoms with Crippen molar-refractivity contribution in [3.8, 4) is 10.6 Å². The van der Waals surface area contributed by atoms with Crippen LogP contribution in [-0.2, 0) is 11.8 Å². The van der Waals surface area contributed by atoms with Crippen LogP contribution in [0.2, 0.25) is 0 Å². The topological polar surface area (TPSA) is 115 Å². The van der Waals surface area contributed by atoms with Gasteiger partial charge in [0.2, 0.25) is 5.91 Å². The van der Waals surface area contributed by atoms with Gasteiger partial charge in [0.25, 0.3) is 5.91 Å². The summed E-state index contributed by atoms with van der Waals surface area (Å²) in [6.45, 7) is 0. The number of nitrogen functional groups attached to an aromatic ring is 1. The third kappa shape index (κ3) is 4.40. The summed E-state index contributed by atoms with van der Waals surface area (Å²) in [5.41, 5.74) is 6.95. The lowest BCUT2D eigenvalue weighted by Gasteiger charge is -2.27. The molecule has 1 unspecified atom stereocenters. The Bertz CT molecular complexity index is 1280. The molecule has 1 spiro atoms. The summed E-state index contributed by atoms with van der Waals surface area (Å²) in [5, 5.41) is 10.5. The highest BCUT2D eigenvalue weighted by molar-refractivity contribution is 7.19. The van der Waals surface area contributed by atoms with Crippen LogP contribution in [0, 0.1) is 11.6 Å². The summed E-state index contributed by atoms with van der Waals surface area (Å²) in [6.07, 6.45) is 7.57. The molecule has 1 aliphatic heterocycles. The van der Waals surface area contributed by atoms with Crippen molar-refractivity contribution >= 4 is 33.8 Å². The van der Waals surface area contributed by atoms with E-state index in [-0.39, 0.29) is 38.6 Å². The number of anilines is 2. The number of thiazole rings is 1. The lowest BCUT2D eigenvalue weighted by Crippen LogP contribution is -2.40. The first kappa shape index (κ1) is 23.4. The van der Waals surface area contributed by atoms with Gasteiger partial charge in [0.15, 0.2) is 5.69 Å². The smallest absolute Gasteiger partial charge is 0.277 e. The van der Waals surface area contributed by atoms with Gasteiger partial charge in [-0.3, -0.25) is 14.3 Å². The normalized spacial score (nSPS) is 22.3. The molecule has 35 heavy (non-hydrogen) atoms. The standard InChI is InChI=1S/C24H26F2N6O2S/c1-32-20(13-4-3-9-24(10-7-13)11-8-17(33)31-24)16(12-28-32)29-22(34)19-21(27)35-23(30-19)18-14(25)5-2-6-15(18)26/h2,5-6,12-13H,3-4,7-11,27H2,1H3,(H,29,34)(H,31,33)/t13?,24-/m0/s1. The van der Waals surface area contributed by atoms with Crippen molar-refractivity contribution in [3.63, 3.8) is 0 Å². The van der Waals surface area contributed by atoms with E-state index < -0.39 is 17.5 Å². The van der Waals surface area contributed by atoms with E-state index >= 15 is 0 Å². The second-order valence-corrected chi connectivity index (χ2v) is 10.3. The van der Waals surface area contributed by atoms with Crippen LogP contribution in [0.25, 0.3) is 10.6 Å². The van der Waals surface area contributed by atoms with Crippen molar-refractivity contribution < 1.29 is 18.4 Å². The summed E-state index contributed by atoms with van der Waals surface area (Å²) < 4.78 is 30.2. The van der Waals surface area contributed by atoms with Gasteiger partial charge in [-0.1, -0.05) is 23.8 Å². The van der Waals surface area contributed by atoms with Crippen LogP contribution in [0.15, 0.2) is 24.4 Å². The van der Waals surface area contributed by atoms with Gasteiger partial charge < -0.3 is 16.4 Å². The first-order valence-electron chi connectivity index (χ1n) is 11.6.